The summed E-state index contributed by atoms with van der Waals surface area (Å²) in [5.74, 6) is -0.353. The van der Waals surface area contributed by atoms with Crippen LogP contribution in [0.2, 0.25) is 0 Å². The molecule has 0 saturated carbocycles. The Kier molecular flexibility index (Phi) is 10.6. The number of methoxy groups -OCH3 is 1. The molecule has 1 aliphatic heterocycles. The van der Waals surface area contributed by atoms with Gasteiger partial charge in [0.25, 0.3) is 0 Å². The van der Waals surface area contributed by atoms with Crippen LogP contribution < -0.4 is 0 Å². The molecule has 1 heterocycles. The van der Waals surface area contributed by atoms with Crippen LogP contribution in [0.4, 0.5) is 0 Å². The number of cyclic esters (lactones) is 1. The molecule has 0 aromatic heterocycles. The molecule has 1 N–H and O–H groups in total. The van der Waals surface area contributed by atoms with E-state index in [1.54, 1.807) is 0 Å². The number of ether oxygens (including phenoxy) is 2. The minimum absolute atomic E-state index is 0.0511. The molecule has 150 valence electrons. The first-order chi connectivity index (χ1) is 12.4. The van der Waals surface area contributed by atoms with Crippen molar-refractivity contribution < 1.29 is 24.2 Å². The van der Waals surface area contributed by atoms with Gasteiger partial charge < -0.3 is 14.6 Å². The van der Waals surface area contributed by atoms with Gasteiger partial charge in [0.15, 0.2) is 0 Å². The molecule has 0 aromatic rings. The van der Waals surface area contributed by atoms with Gasteiger partial charge in [0.05, 0.1) is 25.2 Å². The average molecular weight is 369 g/mol. The number of carbonyl (C=O) groups excluding carboxylic acids is 2. The Morgan fingerprint density at radius 3 is 2.69 bits per heavy atom. The van der Waals surface area contributed by atoms with Crippen molar-refractivity contribution in [1.82, 2.24) is 0 Å². The Morgan fingerprint density at radius 1 is 1.27 bits per heavy atom. The maximum atomic E-state index is 12.0. The SMILES string of the molecule is CCCCC[C@@](C)(O)/C=C/[C@H]1COC(=O)[C@@H]1CCCCCCC(=O)OC. The summed E-state index contributed by atoms with van der Waals surface area (Å²) >= 11 is 0. The fourth-order valence-electron chi connectivity index (χ4n) is 3.33. The van der Waals surface area contributed by atoms with Gasteiger partial charge in [-0.05, 0) is 26.2 Å². The normalized spacial score (nSPS) is 22.4. The average Bonchev–Trinajstić information content (AvgIpc) is 2.96. The van der Waals surface area contributed by atoms with Crippen LogP contribution in [0, 0.1) is 11.8 Å². The molecule has 5 heteroatoms. The van der Waals surface area contributed by atoms with Crippen LogP contribution in [0.1, 0.15) is 78.1 Å². The van der Waals surface area contributed by atoms with Crippen molar-refractivity contribution in [2.75, 3.05) is 13.7 Å². The molecule has 0 unspecified atom stereocenters. The molecule has 0 amide bonds. The third-order valence-corrected chi connectivity index (χ3v) is 5.10. The molecule has 0 spiro atoms. The second-order valence-corrected chi connectivity index (χ2v) is 7.60. The third kappa shape index (κ3) is 8.84. The third-order valence-electron chi connectivity index (χ3n) is 5.10. The number of unbranched alkanes of at least 4 members (excludes halogenated alkanes) is 5. The van der Waals surface area contributed by atoms with Gasteiger partial charge in [0, 0.05) is 12.3 Å². The molecule has 1 saturated heterocycles. The van der Waals surface area contributed by atoms with E-state index in [0.29, 0.717) is 13.0 Å². The Labute approximate surface area is 158 Å². The highest BCUT2D eigenvalue weighted by molar-refractivity contribution is 5.75. The van der Waals surface area contributed by atoms with E-state index in [2.05, 4.69) is 11.7 Å². The standard InChI is InChI=1S/C21H36O5/c1-4-5-10-14-21(2,24)15-13-17-16-26-20(23)18(17)11-8-6-7-9-12-19(22)25-3/h13,15,17-18,24H,4-12,14,16H2,1-3H3/b15-13+/t17-,18+,21+/m0/s1. The van der Waals surface area contributed by atoms with Crippen LogP contribution in [0.5, 0.6) is 0 Å². The molecule has 0 aliphatic carbocycles. The van der Waals surface area contributed by atoms with E-state index in [1.165, 1.54) is 7.11 Å². The second kappa shape index (κ2) is 12.1. The van der Waals surface area contributed by atoms with Gasteiger partial charge in [-0.2, -0.15) is 0 Å². The molecule has 0 radical (unpaired) electrons. The van der Waals surface area contributed by atoms with Crippen molar-refractivity contribution in [2.45, 2.75) is 83.7 Å². The maximum absolute atomic E-state index is 12.0. The number of hydrogen-bond acceptors (Lipinski definition) is 5. The number of carbonyl (C=O) groups is 2. The highest BCUT2D eigenvalue weighted by Gasteiger charge is 2.35. The quantitative estimate of drug-likeness (QED) is 0.300. The van der Waals surface area contributed by atoms with E-state index in [4.69, 9.17) is 4.74 Å². The molecule has 3 atom stereocenters. The lowest BCUT2D eigenvalue weighted by molar-refractivity contribution is -0.141. The summed E-state index contributed by atoms with van der Waals surface area (Å²) in [4.78, 5) is 23.1. The molecule has 0 bridgehead atoms. The largest absolute Gasteiger partial charge is 0.469 e. The van der Waals surface area contributed by atoms with E-state index in [9.17, 15) is 14.7 Å². The maximum Gasteiger partial charge on any atom is 0.309 e. The van der Waals surface area contributed by atoms with Gasteiger partial charge in [-0.1, -0.05) is 57.6 Å². The Morgan fingerprint density at radius 2 is 2.00 bits per heavy atom. The molecule has 0 aromatic carbocycles. The minimum Gasteiger partial charge on any atom is -0.469 e. The number of rotatable bonds is 13. The van der Waals surface area contributed by atoms with E-state index in [-0.39, 0.29) is 23.8 Å². The summed E-state index contributed by atoms with van der Waals surface area (Å²) in [6.45, 7) is 4.38. The lowest BCUT2D eigenvalue weighted by Gasteiger charge is -2.20. The van der Waals surface area contributed by atoms with Crippen molar-refractivity contribution in [2.24, 2.45) is 11.8 Å². The van der Waals surface area contributed by atoms with Crippen LogP contribution in [0.25, 0.3) is 0 Å². The Hall–Kier alpha value is -1.36. The predicted molar refractivity (Wildman–Crippen MR) is 102 cm³/mol. The fraction of sp³-hybridized carbons (Fsp3) is 0.810. The summed E-state index contributed by atoms with van der Waals surface area (Å²) in [7, 11) is 1.41. The first-order valence-corrected chi connectivity index (χ1v) is 10.0. The highest BCUT2D eigenvalue weighted by Crippen LogP contribution is 2.30. The van der Waals surface area contributed by atoms with Gasteiger partial charge >= 0.3 is 11.9 Å². The second-order valence-electron chi connectivity index (χ2n) is 7.60. The van der Waals surface area contributed by atoms with E-state index >= 15 is 0 Å². The first-order valence-electron chi connectivity index (χ1n) is 10.0. The number of hydrogen-bond donors (Lipinski definition) is 1. The van der Waals surface area contributed by atoms with Crippen LogP contribution in [-0.2, 0) is 19.1 Å². The zero-order valence-electron chi connectivity index (χ0n) is 16.7. The molecular formula is C21H36O5. The Bertz CT molecular complexity index is 455. The monoisotopic (exact) mass is 368 g/mol. The predicted octanol–water partition coefficient (Wildman–Crippen LogP) is 4.18. The molecule has 26 heavy (non-hydrogen) atoms. The summed E-state index contributed by atoms with van der Waals surface area (Å²) < 4.78 is 9.86. The van der Waals surface area contributed by atoms with Gasteiger partial charge in [0.2, 0.25) is 0 Å². The zero-order valence-corrected chi connectivity index (χ0v) is 16.7. The van der Waals surface area contributed by atoms with Crippen molar-refractivity contribution in [3.05, 3.63) is 12.2 Å². The zero-order chi connectivity index (χ0) is 19.4. The fourth-order valence-corrected chi connectivity index (χ4v) is 3.33. The first kappa shape index (κ1) is 22.7. The molecule has 5 nitrogen and oxygen atoms in total. The molecule has 1 fully saturated rings. The molecule has 1 aliphatic rings. The van der Waals surface area contributed by atoms with Crippen LogP contribution in [-0.4, -0.2) is 36.4 Å². The number of esters is 2. The van der Waals surface area contributed by atoms with E-state index in [0.717, 1.165) is 57.8 Å². The van der Waals surface area contributed by atoms with E-state index < -0.39 is 5.60 Å². The van der Waals surface area contributed by atoms with Crippen LogP contribution in [0.3, 0.4) is 0 Å². The van der Waals surface area contributed by atoms with Gasteiger partial charge in [-0.3, -0.25) is 9.59 Å². The van der Waals surface area contributed by atoms with Crippen molar-refractivity contribution in [1.29, 1.82) is 0 Å². The minimum atomic E-state index is -0.820. The summed E-state index contributed by atoms with van der Waals surface area (Å²) in [6.07, 6.45) is 12.8. The van der Waals surface area contributed by atoms with Crippen molar-refractivity contribution in [3.8, 4) is 0 Å². The smallest absolute Gasteiger partial charge is 0.309 e. The molecular weight excluding hydrogens is 332 g/mol. The van der Waals surface area contributed by atoms with Gasteiger partial charge in [-0.25, -0.2) is 0 Å². The molecule has 1 rings (SSSR count). The van der Waals surface area contributed by atoms with Crippen molar-refractivity contribution in [3.63, 3.8) is 0 Å². The summed E-state index contributed by atoms with van der Waals surface area (Å²) in [5, 5.41) is 10.4. The van der Waals surface area contributed by atoms with Crippen molar-refractivity contribution >= 4 is 11.9 Å². The summed E-state index contributed by atoms with van der Waals surface area (Å²) in [5.41, 5.74) is -0.820. The topological polar surface area (TPSA) is 72.8 Å². The number of aliphatic hydroxyl groups is 1. The Balaban J connectivity index is 2.35. The van der Waals surface area contributed by atoms with E-state index in [1.807, 2.05) is 19.1 Å². The van der Waals surface area contributed by atoms with Gasteiger partial charge in [0.1, 0.15) is 0 Å². The summed E-state index contributed by atoms with van der Waals surface area (Å²) in [6, 6.07) is 0. The van der Waals surface area contributed by atoms with Crippen LogP contribution in [0.15, 0.2) is 12.2 Å². The highest BCUT2D eigenvalue weighted by atomic mass is 16.5. The van der Waals surface area contributed by atoms with Gasteiger partial charge in [-0.15, -0.1) is 0 Å². The lowest BCUT2D eigenvalue weighted by Crippen LogP contribution is -2.22. The van der Waals surface area contributed by atoms with Crippen LogP contribution >= 0.6 is 0 Å². The lowest BCUT2D eigenvalue weighted by atomic mass is 9.88.